The van der Waals surface area contributed by atoms with Crippen molar-refractivity contribution in [1.29, 1.82) is 0 Å². The third-order valence-corrected chi connectivity index (χ3v) is 3.49. The largest absolute Gasteiger partial charge is 0.480 e. The SMILES string of the molecule is O=C(O)C1CCCN1C(=O)c1cccc(-n2cccn2)n1. The van der Waals surface area contributed by atoms with E-state index in [-0.39, 0.29) is 11.6 Å². The van der Waals surface area contributed by atoms with Gasteiger partial charge in [0.2, 0.25) is 0 Å². The first-order chi connectivity index (χ1) is 10.2. The monoisotopic (exact) mass is 286 g/mol. The molecule has 21 heavy (non-hydrogen) atoms. The highest BCUT2D eigenvalue weighted by molar-refractivity contribution is 5.95. The molecule has 3 rings (SSSR count). The molecule has 0 aliphatic carbocycles. The van der Waals surface area contributed by atoms with Crippen molar-refractivity contribution in [2.24, 2.45) is 0 Å². The van der Waals surface area contributed by atoms with E-state index in [0.29, 0.717) is 25.2 Å². The first-order valence-electron chi connectivity index (χ1n) is 6.67. The third-order valence-electron chi connectivity index (χ3n) is 3.49. The third kappa shape index (κ3) is 2.49. The lowest BCUT2D eigenvalue weighted by Crippen LogP contribution is -2.40. The Kier molecular flexibility index (Phi) is 3.39. The van der Waals surface area contributed by atoms with Crippen LogP contribution in [0.1, 0.15) is 23.3 Å². The Bertz CT molecular complexity index is 669. The van der Waals surface area contributed by atoms with Crippen molar-refractivity contribution >= 4 is 11.9 Å². The standard InChI is InChI=1S/C14H14N4O3/c19-13(17-8-2-5-11(17)14(20)21)10-4-1-6-12(16-10)18-9-3-7-15-18/h1,3-4,6-7,9,11H,2,5,8H2,(H,20,21). The van der Waals surface area contributed by atoms with E-state index in [1.54, 1.807) is 41.3 Å². The molecule has 1 unspecified atom stereocenters. The first-order valence-corrected chi connectivity index (χ1v) is 6.67. The minimum Gasteiger partial charge on any atom is -0.480 e. The second-order valence-corrected chi connectivity index (χ2v) is 4.83. The van der Waals surface area contributed by atoms with Crippen molar-refractivity contribution in [3.8, 4) is 5.82 Å². The normalized spacial score (nSPS) is 17.9. The van der Waals surface area contributed by atoms with Crippen molar-refractivity contribution < 1.29 is 14.7 Å². The van der Waals surface area contributed by atoms with Crippen molar-refractivity contribution in [2.75, 3.05) is 6.54 Å². The summed E-state index contributed by atoms with van der Waals surface area (Å²) in [7, 11) is 0. The highest BCUT2D eigenvalue weighted by Gasteiger charge is 2.34. The van der Waals surface area contributed by atoms with E-state index in [9.17, 15) is 9.59 Å². The van der Waals surface area contributed by atoms with Crippen LogP contribution in [0.4, 0.5) is 0 Å². The summed E-state index contributed by atoms with van der Waals surface area (Å²) in [5.41, 5.74) is 0.233. The summed E-state index contributed by atoms with van der Waals surface area (Å²) in [6.45, 7) is 0.448. The van der Waals surface area contributed by atoms with Gasteiger partial charge in [0.15, 0.2) is 5.82 Å². The molecule has 1 atom stereocenters. The average molecular weight is 286 g/mol. The van der Waals surface area contributed by atoms with Crippen LogP contribution in [-0.4, -0.2) is 49.2 Å². The van der Waals surface area contributed by atoms with Crippen LogP contribution in [0.5, 0.6) is 0 Å². The number of rotatable bonds is 3. The summed E-state index contributed by atoms with van der Waals surface area (Å²) in [6, 6.07) is 6.04. The second kappa shape index (κ2) is 5.35. The number of hydrogen-bond donors (Lipinski definition) is 1. The van der Waals surface area contributed by atoms with Gasteiger partial charge in [-0.25, -0.2) is 14.5 Å². The van der Waals surface area contributed by atoms with Gasteiger partial charge < -0.3 is 10.0 Å². The van der Waals surface area contributed by atoms with Gasteiger partial charge in [0.05, 0.1) is 0 Å². The molecular weight excluding hydrogens is 272 g/mol. The summed E-state index contributed by atoms with van der Waals surface area (Å²) >= 11 is 0. The summed E-state index contributed by atoms with van der Waals surface area (Å²) in [4.78, 5) is 29.3. The number of likely N-dealkylation sites (tertiary alicyclic amines) is 1. The van der Waals surface area contributed by atoms with Gasteiger partial charge >= 0.3 is 5.97 Å². The number of aromatic nitrogens is 3. The zero-order valence-electron chi connectivity index (χ0n) is 11.2. The van der Waals surface area contributed by atoms with Crippen LogP contribution in [0.3, 0.4) is 0 Å². The van der Waals surface area contributed by atoms with Crippen molar-refractivity contribution in [3.05, 3.63) is 42.4 Å². The number of amides is 1. The van der Waals surface area contributed by atoms with Crippen molar-refractivity contribution in [1.82, 2.24) is 19.7 Å². The Balaban J connectivity index is 1.88. The topological polar surface area (TPSA) is 88.3 Å². The molecule has 1 aliphatic rings. The first kappa shape index (κ1) is 13.3. The molecule has 3 heterocycles. The summed E-state index contributed by atoms with van der Waals surface area (Å²) < 4.78 is 1.55. The number of aliphatic carboxylic acids is 1. The molecule has 0 aromatic carbocycles. The second-order valence-electron chi connectivity index (χ2n) is 4.83. The van der Waals surface area contributed by atoms with Crippen LogP contribution < -0.4 is 0 Å². The number of hydrogen-bond acceptors (Lipinski definition) is 4. The van der Waals surface area contributed by atoms with E-state index in [2.05, 4.69) is 10.1 Å². The lowest BCUT2D eigenvalue weighted by Gasteiger charge is -2.21. The molecule has 108 valence electrons. The van der Waals surface area contributed by atoms with Gasteiger partial charge in [-0.05, 0) is 31.0 Å². The number of carboxylic acids is 1. The average Bonchev–Trinajstić information content (AvgIpc) is 3.17. The zero-order chi connectivity index (χ0) is 14.8. The maximum atomic E-state index is 12.5. The van der Waals surface area contributed by atoms with Crippen LogP contribution >= 0.6 is 0 Å². The molecular formula is C14H14N4O3. The molecule has 0 spiro atoms. The van der Waals surface area contributed by atoms with E-state index in [0.717, 1.165) is 0 Å². The van der Waals surface area contributed by atoms with Gasteiger partial charge in [0.25, 0.3) is 5.91 Å². The molecule has 1 amide bonds. The predicted octanol–water partition coefficient (Wildman–Crippen LogP) is 0.957. The van der Waals surface area contributed by atoms with Gasteiger partial charge in [-0.15, -0.1) is 0 Å². The smallest absolute Gasteiger partial charge is 0.326 e. The summed E-state index contributed by atoms with van der Waals surface area (Å²) in [5, 5.41) is 13.2. The van der Waals surface area contributed by atoms with E-state index in [1.165, 1.54) is 4.90 Å². The van der Waals surface area contributed by atoms with Gasteiger partial charge in [-0.1, -0.05) is 6.07 Å². The van der Waals surface area contributed by atoms with Crippen LogP contribution in [0.2, 0.25) is 0 Å². The summed E-state index contributed by atoms with van der Waals surface area (Å²) in [5.74, 6) is -0.796. The number of pyridine rings is 1. The lowest BCUT2D eigenvalue weighted by molar-refractivity contribution is -0.141. The lowest BCUT2D eigenvalue weighted by atomic mass is 10.2. The molecule has 0 saturated carbocycles. The summed E-state index contributed by atoms with van der Waals surface area (Å²) in [6.07, 6.45) is 4.53. The molecule has 2 aromatic heterocycles. The minimum absolute atomic E-state index is 0.233. The molecule has 1 N–H and O–H groups in total. The molecule has 0 radical (unpaired) electrons. The molecule has 1 aliphatic heterocycles. The Hall–Kier alpha value is -2.70. The molecule has 7 heteroatoms. The number of carbonyl (C=O) groups excluding carboxylic acids is 1. The van der Waals surface area contributed by atoms with Gasteiger partial charge in [-0.3, -0.25) is 4.79 Å². The van der Waals surface area contributed by atoms with Gasteiger partial charge in [0, 0.05) is 18.9 Å². The maximum Gasteiger partial charge on any atom is 0.326 e. The van der Waals surface area contributed by atoms with E-state index in [1.807, 2.05) is 0 Å². The fourth-order valence-corrected chi connectivity index (χ4v) is 2.49. The maximum absolute atomic E-state index is 12.5. The van der Waals surface area contributed by atoms with Crippen LogP contribution in [0.15, 0.2) is 36.7 Å². The fourth-order valence-electron chi connectivity index (χ4n) is 2.49. The quantitative estimate of drug-likeness (QED) is 0.907. The van der Waals surface area contributed by atoms with E-state index in [4.69, 9.17) is 5.11 Å². The molecule has 1 fully saturated rings. The van der Waals surface area contributed by atoms with Crippen LogP contribution in [0.25, 0.3) is 5.82 Å². The predicted molar refractivity (Wildman–Crippen MR) is 73.1 cm³/mol. The molecule has 2 aromatic rings. The highest BCUT2D eigenvalue weighted by atomic mass is 16.4. The molecule has 7 nitrogen and oxygen atoms in total. The zero-order valence-corrected chi connectivity index (χ0v) is 11.2. The Morgan fingerprint density at radius 3 is 2.86 bits per heavy atom. The van der Waals surface area contributed by atoms with E-state index >= 15 is 0 Å². The minimum atomic E-state index is -0.968. The molecule has 0 bridgehead atoms. The van der Waals surface area contributed by atoms with E-state index < -0.39 is 12.0 Å². The van der Waals surface area contributed by atoms with Crippen LogP contribution in [-0.2, 0) is 4.79 Å². The Labute approximate surface area is 120 Å². The number of nitrogens with zero attached hydrogens (tertiary/aromatic N) is 4. The molecule has 1 saturated heterocycles. The number of carboxylic acid groups (broad SMARTS) is 1. The van der Waals surface area contributed by atoms with Crippen molar-refractivity contribution in [3.63, 3.8) is 0 Å². The van der Waals surface area contributed by atoms with Crippen LogP contribution in [0, 0.1) is 0 Å². The van der Waals surface area contributed by atoms with Gasteiger partial charge in [-0.2, -0.15) is 5.10 Å². The fraction of sp³-hybridized carbons (Fsp3) is 0.286. The highest BCUT2D eigenvalue weighted by Crippen LogP contribution is 2.20. The van der Waals surface area contributed by atoms with Gasteiger partial charge in [0.1, 0.15) is 11.7 Å². The Morgan fingerprint density at radius 1 is 1.29 bits per heavy atom. The number of carbonyl (C=O) groups is 2. The Morgan fingerprint density at radius 2 is 2.14 bits per heavy atom. The van der Waals surface area contributed by atoms with Crippen molar-refractivity contribution in [2.45, 2.75) is 18.9 Å².